The number of benzene rings is 2. The topological polar surface area (TPSA) is 67.9 Å². The zero-order valence-electron chi connectivity index (χ0n) is 16.3. The Labute approximate surface area is 165 Å². The summed E-state index contributed by atoms with van der Waals surface area (Å²) in [7, 11) is 3.18. The Morgan fingerprint density at radius 3 is 2.61 bits per heavy atom. The summed E-state index contributed by atoms with van der Waals surface area (Å²) in [4.78, 5) is 27.2. The van der Waals surface area contributed by atoms with Crippen molar-refractivity contribution in [2.75, 3.05) is 32.6 Å². The first kappa shape index (κ1) is 19.7. The van der Waals surface area contributed by atoms with Crippen LogP contribution in [0.15, 0.2) is 48.5 Å². The van der Waals surface area contributed by atoms with Gasteiger partial charge in [0.2, 0.25) is 11.8 Å². The predicted octanol–water partition coefficient (Wildman–Crippen LogP) is 3.12. The lowest BCUT2D eigenvalue weighted by Gasteiger charge is -2.32. The quantitative estimate of drug-likeness (QED) is 0.834. The largest absolute Gasteiger partial charge is 0.497 e. The van der Waals surface area contributed by atoms with Gasteiger partial charge in [-0.3, -0.25) is 9.59 Å². The maximum absolute atomic E-state index is 12.9. The fourth-order valence-electron chi connectivity index (χ4n) is 3.48. The highest BCUT2D eigenvalue weighted by Crippen LogP contribution is 2.26. The van der Waals surface area contributed by atoms with E-state index in [0.717, 1.165) is 24.1 Å². The molecular weight excluding hydrogens is 356 g/mol. The van der Waals surface area contributed by atoms with Crippen molar-refractivity contribution in [1.29, 1.82) is 0 Å². The number of rotatable bonds is 6. The summed E-state index contributed by atoms with van der Waals surface area (Å²) < 4.78 is 10.6. The molecule has 1 fully saturated rings. The maximum Gasteiger partial charge on any atom is 0.229 e. The molecule has 1 unspecified atom stereocenters. The molecule has 1 aliphatic heterocycles. The fraction of sp³-hybridized carbons (Fsp3) is 0.364. The number of methoxy groups -OCH3 is 2. The molecule has 3 rings (SSSR count). The average Bonchev–Trinajstić information content (AvgIpc) is 2.74. The lowest BCUT2D eigenvalue weighted by Crippen LogP contribution is -2.44. The number of carbonyl (C=O) groups is 2. The van der Waals surface area contributed by atoms with Crippen LogP contribution in [-0.2, 0) is 16.0 Å². The van der Waals surface area contributed by atoms with Crippen molar-refractivity contribution >= 4 is 17.5 Å². The number of para-hydroxylation sites is 1. The molecule has 1 atom stereocenters. The molecule has 0 saturated carbocycles. The fourth-order valence-corrected chi connectivity index (χ4v) is 3.48. The van der Waals surface area contributed by atoms with Crippen LogP contribution < -0.4 is 14.8 Å². The summed E-state index contributed by atoms with van der Waals surface area (Å²) >= 11 is 0. The third-order valence-electron chi connectivity index (χ3n) is 5.02. The van der Waals surface area contributed by atoms with Crippen LogP contribution >= 0.6 is 0 Å². The van der Waals surface area contributed by atoms with Gasteiger partial charge in [0.15, 0.2) is 0 Å². The summed E-state index contributed by atoms with van der Waals surface area (Å²) in [6.07, 6.45) is 1.81. The Hall–Kier alpha value is -3.02. The molecule has 1 saturated heterocycles. The number of amides is 2. The van der Waals surface area contributed by atoms with Crippen LogP contribution in [0, 0.1) is 5.92 Å². The summed E-state index contributed by atoms with van der Waals surface area (Å²) in [5, 5.41) is 2.94. The van der Waals surface area contributed by atoms with E-state index in [-0.39, 0.29) is 24.2 Å². The second-order valence-corrected chi connectivity index (χ2v) is 6.89. The Morgan fingerprint density at radius 1 is 1.11 bits per heavy atom. The second kappa shape index (κ2) is 9.26. The zero-order valence-corrected chi connectivity index (χ0v) is 16.3. The first-order valence-electron chi connectivity index (χ1n) is 9.45. The van der Waals surface area contributed by atoms with Gasteiger partial charge in [-0.15, -0.1) is 0 Å². The third kappa shape index (κ3) is 4.82. The Bertz CT molecular complexity index is 823. The van der Waals surface area contributed by atoms with Crippen LogP contribution in [0.3, 0.4) is 0 Å². The van der Waals surface area contributed by atoms with Gasteiger partial charge in [-0.2, -0.15) is 0 Å². The second-order valence-electron chi connectivity index (χ2n) is 6.89. The molecule has 1 aliphatic rings. The number of piperidine rings is 1. The van der Waals surface area contributed by atoms with Crippen molar-refractivity contribution in [3.05, 3.63) is 54.1 Å². The number of hydrogen-bond acceptors (Lipinski definition) is 4. The standard InChI is InChI=1S/C22H26N2O4/c1-27-19-10-11-20(28-2)17(13-19)14-21(25)24-12-6-7-16(15-24)22(26)23-18-8-4-3-5-9-18/h3-5,8-11,13,16H,6-7,12,14-15H2,1-2H3,(H,23,26). The molecule has 0 bridgehead atoms. The number of nitrogens with zero attached hydrogens (tertiary/aromatic N) is 1. The van der Waals surface area contributed by atoms with Crippen LogP contribution in [-0.4, -0.2) is 44.0 Å². The highest BCUT2D eigenvalue weighted by molar-refractivity contribution is 5.93. The molecule has 148 valence electrons. The minimum absolute atomic E-state index is 0.0104. The van der Waals surface area contributed by atoms with E-state index in [0.29, 0.717) is 24.6 Å². The number of anilines is 1. The zero-order chi connectivity index (χ0) is 19.9. The number of carbonyl (C=O) groups excluding carboxylic acids is 2. The SMILES string of the molecule is COc1ccc(OC)c(CC(=O)N2CCCC(C(=O)Nc3ccccc3)C2)c1. The highest BCUT2D eigenvalue weighted by Gasteiger charge is 2.28. The average molecular weight is 382 g/mol. The van der Waals surface area contributed by atoms with Gasteiger partial charge in [0, 0.05) is 24.3 Å². The van der Waals surface area contributed by atoms with Gasteiger partial charge < -0.3 is 19.7 Å². The molecule has 6 nitrogen and oxygen atoms in total. The molecular formula is C22H26N2O4. The highest BCUT2D eigenvalue weighted by atomic mass is 16.5. The minimum atomic E-state index is -0.204. The third-order valence-corrected chi connectivity index (χ3v) is 5.02. The van der Waals surface area contributed by atoms with Crippen LogP contribution in [0.4, 0.5) is 5.69 Å². The minimum Gasteiger partial charge on any atom is -0.497 e. The van der Waals surface area contributed by atoms with E-state index in [4.69, 9.17) is 9.47 Å². The summed E-state index contributed by atoms with van der Waals surface area (Å²) in [5.74, 6) is 1.09. The van der Waals surface area contributed by atoms with Crippen molar-refractivity contribution in [2.45, 2.75) is 19.3 Å². The van der Waals surface area contributed by atoms with Crippen molar-refractivity contribution < 1.29 is 19.1 Å². The smallest absolute Gasteiger partial charge is 0.229 e. The molecule has 1 N–H and O–H groups in total. The first-order chi connectivity index (χ1) is 13.6. The monoisotopic (exact) mass is 382 g/mol. The first-order valence-corrected chi connectivity index (χ1v) is 9.45. The summed E-state index contributed by atoms with van der Waals surface area (Å²) in [6.45, 7) is 1.10. The van der Waals surface area contributed by atoms with E-state index in [1.54, 1.807) is 31.3 Å². The van der Waals surface area contributed by atoms with Gasteiger partial charge in [-0.1, -0.05) is 18.2 Å². The number of likely N-dealkylation sites (tertiary alicyclic amines) is 1. The molecule has 2 amide bonds. The molecule has 1 heterocycles. The van der Waals surface area contributed by atoms with Crippen LogP contribution in [0.1, 0.15) is 18.4 Å². The lowest BCUT2D eigenvalue weighted by atomic mass is 9.96. The molecule has 0 aromatic heterocycles. The lowest BCUT2D eigenvalue weighted by molar-refractivity contribution is -0.133. The van der Waals surface area contributed by atoms with Gasteiger partial charge in [-0.05, 0) is 43.2 Å². The Balaban J connectivity index is 1.64. The van der Waals surface area contributed by atoms with Crippen molar-refractivity contribution in [2.24, 2.45) is 5.92 Å². The normalized spacial score (nSPS) is 16.4. The molecule has 2 aromatic carbocycles. The van der Waals surface area contributed by atoms with E-state index in [9.17, 15) is 9.59 Å². The van der Waals surface area contributed by atoms with Gasteiger partial charge >= 0.3 is 0 Å². The van der Waals surface area contributed by atoms with Gasteiger partial charge in [0.25, 0.3) is 0 Å². The summed E-state index contributed by atoms with van der Waals surface area (Å²) in [5.41, 5.74) is 1.56. The summed E-state index contributed by atoms with van der Waals surface area (Å²) in [6, 6.07) is 14.8. The van der Waals surface area contributed by atoms with E-state index >= 15 is 0 Å². The van der Waals surface area contributed by atoms with Crippen molar-refractivity contribution in [3.63, 3.8) is 0 Å². The van der Waals surface area contributed by atoms with E-state index < -0.39 is 0 Å². The predicted molar refractivity (Wildman–Crippen MR) is 108 cm³/mol. The molecule has 0 aliphatic carbocycles. The Kier molecular flexibility index (Phi) is 6.53. The molecule has 0 spiro atoms. The van der Waals surface area contributed by atoms with E-state index in [2.05, 4.69) is 5.32 Å². The van der Waals surface area contributed by atoms with Gasteiger partial charge in [-0.25, -0.2) is 0 Å². The van der Waals surface area contributed by atoms with Crippen LogP contribution in [0.2, 0.25) is 0 Å². The molecule has 6 heteroatoms. The van der Waals surface area contributed by atoms with Crippen molar-refractivity contribution in [1.82, 2.24) is 4.90 Å². The maximum atomic E-state index is 12.9. The Morgan fingerprint density at radius 2 is 1.89 bits per heavy atom. The molecule has 28 heavy (non-hydrogen) atoms. The molecule has 2 aromatic rings. The number of ether oxygens (including phenoxy) is 2. The van der Waals surface area contributed by atoms with Crippen LogP contribution in [0.25, 0.3) is 0 Å². The van der Waals surface area contributed by atoms with Gasteiger partial charge in [0.1, 0.15) is 11.5 Å². The van der Waals surface area contributed by atoms with E-state index in [1.165, 1.54) is 0 Å². The molecule has 0 radical (unpaired) electrons. The number of nitrogens with one attached hydrogen (secondary N) is 1. The number of hydrogen-bond donors (Lipinski definition) is 1. The van der Waals surface area contributed by atoms with Crippen molar-refractivity contribution in [3.8, 4) is 11.5 Å². The van der Waals surface area contributed by atoms with Gasteiger partial charge in [0.05, 0.1) is 26.6 Å². The van der Waals surface area contributed by atoms with E-state index in [1.807, 2.05) is 36.4 Å². The van der Waals surface area contributed by atoms with Crippen LogP contribution in [0.5, 0.6) is 11.5 Å².